The first kappa shape index (κ1) is 42.9. The van der Waals surface area contributed by atoms with Crippen LogP contribution in [-0.2, 0) is 12.0 Å². The van der Waals surface area contributed by atoms with Crippen LogP contribution in [0.1, 0.15) is 31.1 Å². The van der Waals surface area contributed by atoms with E-state index >= 15 is 0 Å². The molecule has 5 heterocycles. The maximum absolute atomic E-state index is 5.45. The number of aromatic nitrogens is 7. The Morgan fingerprint density at radius 2 is 0.658 bits per heavy atom. The van der Waals surface area contributed by atoms with Crippen molar-refractivity contribution in [2.75, 3.05) is 0 Å². The Hall–Kier alpha value is -9.59. The van der Waals surface area contributed by atoms with E-state index < -0.39 is 0 Å². The molecule has 0 bridgehead atoms. The number of hydrogen-bond acceptors (Lipinski definition) is 3. The highest BCUT2D eigenvalue weighted by Gasteiger charge is 2.51. The molecule has 7 nitrogen and oxygen atoms in total. The Morgan fingerprint density at radius 3 is 1.01 bits per heavy atom. The number of benzene rings is 10. The molecule has 360 valence electrons. The van der Waals surface area contributed by atoms with Crippen molar-refractivity contribution in [3.05, 3.63) is 248 Å². The van der Waals surface area contributed by atoms with Crippen LogP contribution in [0.25, 0.3) is 121 Å². The van der Waals surface area contributed by atoms with Crippen molar-refractivity contribution in [3.8, 4) is 34.2 Å². The molecule has 1 aliphatic rings. The third-order valence-corrected chi connectivity index (χ3v) is 16.8. The zero-order valence-corrected chi connectivity index (χ0v) is 41.6. The Morgan fingerprint density at radius 1 is 0.342 bits per heavy atom. The van der Waals surface area contributed by atoms with Gasteiger partial charge in [-0.3, -0.25) is 0 Å². The van der Waals surface area contributed by atoms with Gasteiger partial charge in [0.1, 0.15) is 5.82 Å². The Balaban J connectivity index is 0.851. The Kier molecular flexibility index (Phi) is 9.43. The normalized spacial score (nSPS) is 15.8. The van der Waals surface area contributed by atoms with E-state index in [1.54, 1.807) is 0 Å². The molecule has 7 heteroatoms. The summed E-state index contributed by atoms with van der Waals surface area (Å²) >= 11 is 0. The van der Waals surface area contributed by atoms with Crippen LogP contribution in [0.15, 0.2) is 243 Å². The van der Waals surface area contributed by atoms with Gasteiger partial charge in [0.15, 0.2) is 11.6 Å². The molecule has 1 saturated carbocycles. The third-order valence-electron chi connectivity index (χ3n) is 16.8. The van der Waals surface area contributed by atoms with Crippen LogP contribution < -0.4 is 0 Å². The minimum absolute atomic E-state index is 0.166. The molecule has 0 amide bonds. The van der Waals surface area contributed by atoms with Crippen LogP contribution in [0.4, 0.5) is 0 Å². The molecule has 10 aromatic carbocycles. The van der Waals surface area contributed by atoms with Crippen LogP contribution >= 0.6 is 0 Å². The lowest BCUT2D eigenvalue weighted by molar-refractivity contribution is 0.0558. The molecule has 0 aliphatic heterocycles. The molecule has 1 fully saturated rings. The van der Waals surface area contributed by atoms with Crippen molar-refractivity contribution in [1.29, 1.82) is 0 Å². The molecule has 0 radical (unpaired) electrons. The highest BCUT2D eigenvalue weighted by Crippen LogP contribution is 2.56. The van der Waals surface area contributed by atoms with Crippen LogP contribution in [-0.4, -0.2) is 33.2 Å². The second-order valence-electron chi connectivity index (χ2n) is 20.7. The summed E-state index contributed by atoms with van der Waals surface area (Å²) in [5.74, 6) is 2.11. The summed E-state index contributed by atoms with van der Waals surface area (Å²) in [6.07, 6.45) is 3.54. The fourth-order valence-electron chi connectivity index (χ4n) is 13.4. The van der Waals surface area contributed by atoms with Gasteiger partial charge in [0.25, 0.3) is 0 Å². The van der Waals surface area contributed by atoms with E-state index in [-0.39, 0.29) is 11.6 Å². The van der Waals surface area contributed by atoms with Crippen molar-refractivity contribution < 1.29 is 0 Å². The maximum Gasteiger partial charge on any atom is 0.163 e. The summed E-state index contributed by atoms with van der Waals surface area (Å²) in [5.41, 5.74) is 13.5. The third kappa shape index (κ3) is 6.32. The molecule has 76 heavy (non-hydrogen) atoms. The Labute approximate surface area is 438 Å². The van der Waals surface area contributed by atoms with E-state index in [0.29, 0.717) is 18.1 Å². The van der Waals surface area contributed by atoms with Crippen LogP contribution in [0, 0.1) is 0 Å². The molecule has 1 aliphatic carbocycles. The van der Waals surface area contributed by atoms with Gasteiger partial charge in [-0.05, 0) is 116 Å². The van der Waals surface area contributed by atoms with E-state index in [4.69, 9.17) is 15.0 Å². The van der Waals surface area contributed by atoms with Gasteiger partial charge in [0.2, 0.25) is 0 Å². The van der Waals surface area contributed by atoms with Crippen molar-refractivity contribution in [2.45, 2.75) is 37.3 Å². The lowest BCUT2D eigenvalue weighted by Crippen LogP contribution is -2.50. The first-order valence-electron chi connectivity index (χ1n) is 26.6. The summed E-state index contributed by atoms with van der Waals surface area (Å²) in [6, 6.07) is 88.3. The highest BCUT2D eigenvalue weighted by molar-refractivity contribution is 6.12. The van der Waals surface area contributed by atoms with E-state index in [1.165, 1.54) is 87.2 Å². The van der Waals surface area contributed by atoms with E-state index in [1.807, 2.05) is 0 Å². The van der Waals surface area contributed by atoms with Crippen LogP contribution in [0.3, 0.4) is 0 Å². The predicted octanol–water partition coefficient (Wildman–Crippen LogP) is 17.0. The quantitative estimate of drug-likeness (QED) is 0.145. The van der Waals surface area contributed by atoms with Gasteiger partial charge in [-0.1, -0.05) is 146 Å². The first-order chi connectivity index (χ1) is 37.7. The van der Waals surface area contributed by atoms with E-state index in [9.17, 15) is 0 Å². The molecule has 0 N–H and O–H groups in total. The summed E-state index contributed by atoms with van der Waals surface area (Å²) < 4.78 is 10.1. The summed E-state index contributed by atoms with van der Waals surface area (Å²) in [6.45, 7) is 0. The molecule has 16 rings (SSSR count). The molecule has 0 spiro atoms. The molecule has 2 atom stereocenters. The van der Waals surface area contributed by atoms with Gasteiger partial charge in [0.05, 0.1) is 33.6 Å². The fourth-order valence-corrected chi connectivity index (χ4v) is 13.4. The second-order valence-corrected chi connectivity index (χ2v) is 20.7. The SMILES string of the molecule is c1ccc2c(c1)c1ccccc1n2-c1ccc(-c2nc(CC[C@@]3(n4c5ccccc5c5ccccc54)CCC3n3c4ccccc4c4ccccc43)nc(-c3ccc(-n4c5ccccc5c5ccccc54)cc3)n2)cc1. The van der Waals surface area contributed by atoms with Gasteiger partial charge in [-0.15, -0.1) is 0 Å². The molecule has 1 unspecified atom stereocenters. The van der Waals surface area contributed by atoms with Gasteiger partial charge in [-0.25, -0.2) is 15.0 Å². The lowest BCUT2D eigenvalue weighted by atomic mass is 9.67. The summed E-state index contributed by atoms with van der Waals surface area (Å²) in [7, 11) is 0. The number of hydrogen-bond donors (Lipinski definition) is 0. The highest BCUT2D eigenvalue weighted by atomic mass is 15.2. The van der Waals surface area contributed by atoms with E-state index in [2.05, 4.69) is 261 Å². The van der Waals surface area contributed by atoms with Gasteiger partial charge < -0.3 is 18.3 Å². The second kappa shape index (κ2) is 16.7. The molecule has 15 aromatic rings. The summed E-state index contributed by atoms with van der Waals surface area (Å²) in [4.78, 5) is 16.3. The topological polar surface area (TPSA) is 58.4 Å². The van der Waals surface area contributed by atoms with Crippen LogP contribution in [0.2, 0.25) is 0 Å². The number of nitrogens with zero attached hydrogens (tertiary/aromatic N) is 7. The van der Waals surface area contributed by atoms with Gasteiger partial charge in [0, 0.05) is 94.1 Å². The number of fused-ring (bicyclic) bond motifs is 12. The van der Waals surface area contributed by atoms with E-state index in [0.717, 1.165) is 47.6 Å². The largest absolute Gasteiger partial charge is 0.335 e. The summed E-state index contributed by atoms with van der Waals surface area (Å²) in [5, 5.41) is 10.1. The standard InChI is InChI=1S/C69H49N7/c1-9-25-57-49(17-1)50-18-2-10-26-58(50)73(57)47-37-33-45(34-38-47)67-70-66(71-68(72-67)46-35-39-48(40-36-46)74-59-27-11-3-19-51(59)52-20-4-12-28-60(52)74)42-44-69(76-63-31-15-7-23-55(63)56-24-8-16-32-64(56)76)43-41-65(69)75-61-29-13-5-21-53(61)54-22-6-14-30-62(54)75/h1-40,65H,41-44H2/t65?,69-/m0/s1. The lowest BCUT2D eigenvalue weighted by Gasteiger charge is -2.53. The molecular formula is C69H49N7. The zero-order valence-electron chi connectivity index (χ0n) is 41.6. The monoisotopic (exact) mass is 975 g/mol. The first-order valence-corrected chi connectivity index (χ1v) is 26.6. The minimum atomic E-state index is -0.311. The zero-order chi connectivity index (χ0) is 49.9. The minimum Gasteiger partial charge on any atom is -0.335 e. The number of para-hydroxylation sites is 8. The maximum atomic E-state index is 5.45. The average molecular weight is 976 g/mol. The molecule has 5 aromatic heterocycles. The van der Waals surface area contributed by atoms with Gasteiger partial charge in [-0.2, -0.15) is 0 Å². The van der Waals surface area contributed by atoms with Crippen molar-refractivity contribution >= 4 is 87.2 Å². The van der Waals surface area contributed by atoms with Crippen molar-refractivity contribution in [3.63, 3.8) is 0 Å². The molecule has 0 saturated heterocycles. The van der Waals surface area contributed by atoms with Crippen molar-refractivity contribution in [2.24, 2.45) is 0 Å². The average Bonchev–Trinajstić information content (AvgIpc) is 4.25. The number of aryl methyl sites for hydroxylation is 1. The van der Waals surface area contributed by atoms with Gasteiger partial charge >= 0.3 is 0 Å². The number of rotatable bonds is 9. The Bertz CT molecular complexity index is 4390. The fraction of sp³-hybridized carbons (Fsp3) is 0.0870. The predicted molar refractivity (Wildman–Crippen MR) is 313 cm³/mol. The van der Waals surface area contributed by atoms with Crippen LogP contribution in [0.5, 0.6) is 0 Å². The molecular weight excluding hydrogens is 927 g/mol. The smallest absolute Gasteiger partial charge is 0.163 e. The van der Waals surface area contributed by atoms with Crippen molar-refractivity contribution in [1.82, 2.24) is 33.2 Å².